The minimum absolute atomic E-state index is 0.00540. The van der Waals surface area contributed by atoms with Crippen LogP contribution in [0.15, 0.2) is 89.3 Å². The van der Waals surface area contributed by atoms with Gasteiger partial charge in [0.05, 0.1) is 28.8 Å². The second-order valence-corrected chi connectivity index (χ2v) is 8.96. The summed E-state index contributed by atoms with van der Waals surface area (Å²) in [5, 5.41) is 11.7. The van der Waals surface area contributed by atoms with Crippen molar-refractivity contribution < 1.29 is 4.79 Å². The molecule has 0 radical (unpaired) electrons. The predicted octanol–water partition coefficient (Wildman–Crippen LogP) is 4.36. The zero-order valence-corrected chi connectivity index (χ0v) is 19.5. The highest BCUT2D eigenvalue weighted by Crippen LogP contribution is 2.28. The molecule has 0 aliphatic heterocycles. The Hall–Kier alpha value is -4.04. The smallest absolute Gasteiger partial charge is 0.224 e. The van der Waals surface area contributed by atoms with Crippen molar-refractivity contribution in [1.29, 1.82) is 0 Å². The van der Waals surface area contributed by atoms with Crippen molar-refractivity contribution in [3.63, 3.8) is 0 Å². The molecule has 3 aromatic heterocycles. The van der Waals surface area contributed by atoms with Gasteiger partial charge in [-0.05, 0) is 35.7 Å². The standard InChI is InChI=1S/C26H23N5O2S/c1-29(25(33)13-14-30-22-11-6-5-10-21(22)23(32)16-27-30)17-19-18-31(20-8-3-2-4-9-20)28-26(19)24-12-7-15-34-24/h2-12,15-16,18H,13-14,17H2,1H3. The molecule has 0 bridgehead atoms. The third-order valence-electron chi connectivity index (χ3n) is 5.70. The van der Waals surface area contributed by atoms with Crippen LogP contribution >= 0.6 is 11.3 Å². The van der Waals surface area contributed by atoms with E-state index in [2.05, 4.69) is 5.10 Å². The van der Waals surface area contributed by atoms with Gasteiger partial charge in [-0.2, -0.15) is 10.2 Å². The summed E-state index contributed by atoms with van der Waals surface area (Å²) < 4.78 is 3.58. The summed E-state index contributed by atoms with van der Waals surface area (Å²) in [4.78, 5) is 27.8. The predicted molar refractivity (Wildman–Crippen MR) is 134 cm³/mol. The van der Waals surface area contributed by atoms with E-state index in [1.807, 2.05) is 76.9 Å². The highest BCUT2D eigenvalue weighted by Gasteiger charge is 2.18. The molecule has 34 heavy (non-hydrogen) atoms. The molecule has 0 fully saturated rings. The summed E-state index contributed by atoms with van der Waals surface area (Å²) in [7, 11) is 1.80. The lowest BCUT2D eigenvalue weighted by atomic mass is 10.2. The van der Waals surface area contributed by atoms with Gasteiger partial charge in [0.25, 0.3) is 0 Å². The number of carbonyl (C=O) groups is 1. The van der Waals surface area contributed by atoms with E-state index in [0.717, 1.165) is 27.3 Å². The Morgan fingerprint density at radius 3 is 2.62 bits per heavy atom. The molecule has 3 heterocycles. The Balaban J connectivity index is 1.34. The Labute approximate surface area is 200 Å². The molecule has 0 aliphatic rings. The molecule has 0 saturated heterocycles. The van der Waals surface area contributed by atoms with Gasteiger partial charge < -0.3 is 4.90 Å². The van der Waals surface area contributed by atoms with E-state index in [4.69, 9.17) is 5.10 Å². The van der Waals surface area contributed by atoms with E-state index < -0.39 is 0 Å². The van der Waals surface area contributed by atoms with E-state index in [0.29, 0.717) is 18.5 Å². The number of para-hydroxylation sites is 2. The number of amides is 1. The van der Waals surface area contributed by atoms with Crippen molar-refractivity contribution in [3.05, 3.63) is 100 Å². The molecule has 0 atom stereocenters. The van der Waals surface area contributed by atoms with Gasteiger partial charge in [-0.3, -0.25) is 14.3 Å². The number of aryl methyl sites for hydroxylation is 1. The Bertz CT molecular complexity index is 1490. The molecule has 0 unspecified atom stereocenters. The zero-order valence-electron chi connectivity index (χ0n) is 18.7. The van der Waals surface area contributed by atoms with Gasteiger partial charge >= 0.3 is 0 Å². The monoisotopic (exact) mass is 469 g/mol. The topological polar surface area (TPSA) is 73.0 Å². The third kappa shape index (κ3) is 4.40. The molecule has 0 saturated carbocycles. The molecular weight excluding hydrogens is 446 g/mol. The fourth-order valence-electron chi connectivity index (χ4n) is 3.93. The van der Waals surface area contributed by atoms with Gasteiger partial charge in [0.1, 0.15) is 5.69 Å². The van der Waals surface area contributed by atoms with Crippen molar-refractivity contribution in [1.82, 2.24) is 24.5 Å². The van der Waals surface area contributed by atoms with Gasteiger partial charge in [0.15, 0.2) is 0 Å². The molecule has 5 aromatic rings. The lowest BCUT2D eigenvalue weighted by Gasteiger charge is -2.17. The molecule has 0 spiro atoms. The first kappa shape index (κ1) is 21.8. The van der Waals surface area contributed by atoms with Gasteiger partial charge in [-0.1, -0.05) is 36.4 Å². The van der Waals surface area contributed by atoms with Crippen molar-refractivity contribution in [2.45, 2.75) is 19.5 Å². The maximum atomic E-state index is 13.0. The Kier molecular flexibility index (Phi) is 6.05. The van der Waals surface area contributed by atoms with E-state index >= 15 is 0 Å². The number of nitrogens with zero attached hydrogens (tertiary/aromatic N) is 5. The number of carbonyl (C=O) groups excluding carboxylic acids is 1. The van der Waals surface area contributed by atoms with Crippen LogP contribution in [-0.2, 0) is 17.9 Å². The summed E-state index contributed by atoms with van der Waals surface area (Å²) in [5.74, 6) is -0.00540. The average Bonchev–Trinajstić information content (AvgIpc) is 3.54. The molecule has 1 amide bonds. The van der Waals surface area contributed by atoms with Crippen LogP contribution in [0.1, 0.15) is 12.0 Å². The number of benzene rings is 2. The van der Waals surface area contributed by atoms with Crippen LogP contribution < -0.4 is 5.43 Å². The van der Waals surface area contributed by atoms with Gasteiger partial charge in [0.2, 0.25) is 11.3 Å². The summed E-state index contributed by atoms with van der Waals surface area (Å²) in [6.45, 7) is 0.836. The van der Waals surface area contributed by atoms with Crippen molar-refractivity contribution in [2.24, 2.45) is 0 Å². The summed E-state index contributed by atoms with van der Waals surface area (Å²) in [5.41, 5.74) is 3.44. The fraction of sp³-hybridized carbons (Fsp3) is 0.154. The van der Waals surface area contributed by atoms with Crippen LogP contribution in [0.3, 0.4) is 0 Å². The molecule has 2 aromatic carbocycles. The van der Waals surface area contributed by atoms with Crippen LogP contribution in [0, 0.1) is 0 Å². The molecule has 8 heteroatoms. The lowest BCUT2D eigenvalue weighted by molar-refractivity contribution is -0.130. The van der Waals surface area contributed by atoms with Gasteiger partial charge in [-0.25, -0.2) is 4.68 Å². The van der Waals surface area contributed by atoms with Gasteiger partial charge in [-0.15, -0.1) is 11.3 Å². The first-order valence-electron chi connectivity index (χ1n) is 11.0. The number of thiophene rings is 1. The highest BCUT2D eigenvalue weighted by molar-refractivity contribution is 7.13. The molecule has 0 N–H and O–H groups in total. The summed E-state index contributed by atoms with van der Waals surface area (Å²) >= 11 is 1.63. The second kappa shape index (κ2) is 9.44. The number of aromatic nitrogens is 4. The van der Waals surface area contributed by atoms with Crippen LogP contribution in [0.2, 0.25) is 0 Å². The van der Waals surface area contributed by atoms with Crippen molar-refractivity contribution >= 4 is 28.1 Å². The second-order valence-electron chi connectivity index (χ2n) is 8.01. The zero-order chi connectivity index (χ0) is 23.5. The van der Waals surface area contributed by atoms with E-state index in [1.165, 1.54) is 6.20 Å². The molecule has 5 rings (SSSR count). The molecule has 0 aliphatic carbocycles. The van der Waals surface area contributed by atoms with Gasteiger partial charge in [0, 0.05) is 37.2 Å². The van der Waals surface area contributed by atoms with Crippen molar-refractivity contribution in [2.75, 3.05) is 7.05 Å². The maximum Gasteiger partial charge on any atom is 0.224 e. The quantitative estimate of drug-likeness (QED) is 0.355. The maximum absolute atomic E-state index is 13.0. The van der Waals surface area contributed by atoms with Crippen LogP contribution in [0.5, 0.6) is 0 Å². The Morgan fingerprint density at radius 1 is 1.03 bits per heavy atom. The SMILES string of the molecule is CN(Cc1cn(-c2ccccc2)nc1-c1cccs1)C(=O)CCn1ncc(=O)c2ccccc21. The first-order chi connectivity index (χ1) is 16.6. The third-order valence-corrected chi connectivity index (χ3v) is 6.57. The minimum Gasteiger partial charge on any atom is -0.341 e. The average molecular weight is 470 g/mol. The number of rotatable bonds is 7. The van der Waals surface area contributed by atoms with E-state index in [-0.39, 0.29) is 17.8 Å². The Morgan fingerprint density at radius 2 is 1.82 bits per heavy atom. The van der Waals surface area contributed by atoms with E-state index in [9.17, 15) is 9.59 Å². The molecule has 7 nitrogen and oxygen atoms in total. The first-order valence-corrected chi connectivity index (χ1v) is 11.8. The van der Waals surface area contributed by atoms with Crippen molar-refractivity contribution in [3.8, 4) is 16.3 Å². The van der Waals surface area contributed by atoms with Crippen LogP contribution in [-0.4, -0.2) is 37.4 Å². The highest BCUT2D eigenvalue weighted by atomic mass is 32.1. The minimum atomic E-state index is -0.119. The fourth-order valence-corrected chi connectivity index (χ4v) is 4.68. The largest absolute Gasteiger partial charge is 0.341 e. The molecular formula is C26H23N5O2S. The summed E-state index contributed by atoms with van der Waals surface area (Å²) in [6.07, 6.45) is 3.57. The van der Waals surface area contributed by atoms with E-state index in [1.54, 1.807) is 34.0 Å². The van der Waals surface area contributed by atoms with Crippen LogP contribution in [0.25, 0.3) is 27.2 Å². The van der Waals surface area contributed by atoms with Crippen LogP contribution in [0.4, 0.5) is 0 Å². The number of hydrogen-bond acceptors (Lipinski definition) is 5. The summed E-state index contributed by atoms with van der Waals surface area (Å²) in [6, 6.07) is 21.3. The normalized spacial score (nSPS) is 11.1. The lowest BCUT2D eigenvalue weighted by Crippen LogP contribution is -2.27. The number of hydrogen-bond donors (Lipinski definition) is 0. The molecule has 170 valence electrons. The number of fused-ring (bicyclic) bond motifs is 1.